The summed E-state index contributed by atoms with van der Waals surface area (Å²) in [6.07, 6.45) is 4.31. The first-order valence-corrected chi connectivity index (χ1v) is 3.63. The average Bonchev–Trinajstić information content (AvgIpc) is 2.04. The smallest absolute Gasteiger partial charge is 0.198 e. The van der Waals surface area contributed by atoms with Gasteiger partial charge in [0.2, 0.25) is 0 Å². The molecule has 1 rings (SSSR count). The summed E-state index contributed by atoms with van der Waals surface area (Å²) in [6.45, 7) is 3.79. The van der Waals surface area contributed by atoms with Crippen LogP contribution in [0.1, 0.15) is 30.7 Å². The van der Waals surface area contributed by atoms with Crippen LogP contribution in [0.5, 0.6) is 0 Å². The Morgan fingerprint density at radius 1 is 1.73 bits per heavy atom. The SMILES string of the molecule is CCC(O)c1n[c]ncc1C. The Morgan fingerprint density at radius 3 is 3.00 bits per heavy atom. The van der Waals surface area contributed by atoms with E-state index in [2.05, 4.69) is 16.3 Å². The highest BCUT2D eigenvalue weighted by Gasteiger charge is 2.08. The Bertz CT molecular complexity index is 237. The highest BCUT2D eigenvalue weighted by molar-refractivity contribution is 5.15. The Balaban J connectivity index is 2.93. The Labute approximate surface area is 66.1 Å². The van der Waals surface area contributed by atoms with Crippen molar-refractivity contribution in [3.8, 4) is 0 Å². The molecule has 0 spiro atoms. The van der Waals surface area contributed by atoms with Crippen molar-refractivity contribution in [2.24, 2.45) is 0 Å². The third kappa shape index (κ3) is 1.74. The molecule has 1 aromatic heterocycles. The lowest BCUT2D eigenvalue weighted by Crippen LogP contribution is -2.02. The van der Waals surface area contributed by atoms with Gasteiger partial charge >= 0.3 is 0 Å². The predicted octanol–water partition coefficient (Wildman–Crippen LogP) is 1.03. The van der Waals surface area contributed by atoms with Gasteiger partial charge in [0.15, 0.2) is 6.33 Å². The van der Waals surface area contributed by atoms with Crippen LogP contribution in [0.4, 0.5) is 0 Å². The number of aryl methyl sites for hydroxylation is 1. The molecule has 1 aromatic rings. The summed E-state index contributed by atoms with van der Waals surface area (Å²) >= 11 is 0. The van der Waals surface area contributed by atoms with Gasteiger partial charge in [0, 0.05) is 6.20 Å². The number of aliphatic hydroxyl groups excluding tert-OH is 1. The monoisotopic (exact) mass is 151 g/mol. The highest BCUT2D eigenvalue weighted by atomic mass is 16.3. The van der Waals surface area contributed by atoms with Crippen molar-refractivity contribution in [1.29, 1.82) is 0 Å². The van der Waals surface area contributed by atoms with E-state index in [4.69, 9.17) is 0 Å². The van der Waals surface area contributed by atoms with Gasteiger partial charge in [-0.3, -0.25) is 0 Å². The minimum atomic E-state index is -0.478. The van der Waals surface area contributed by atoms with Gasteiger partial charge in [-0.15, -0.1) is 0 Å². The molecular weight excluding hydrogens is 140 g/mol. The van der Waals surface area contributed by atoms with Crippen molar-refractivity contribution in [1.82, 2.24) is 9.97 Å². The summed E-state index contributed by atoms with van der Waals surface area (Å²) in [5, 5.41) is 9.40. The quantitative estimate of drug-likeness (QED) is 0.686. The lowest BCUT2D eigenvalue weighted by molar-refractivity contribution is 0.168. The number of aliphatic hydroxyl groups is 1. The zero-order chi connectivity index (χ0) is 8.27. The molecule has 0 aliphatic carbocycles. The van der Waals surface area contributed by atoms with Gasteiger partial charge < -0.3 is 5.11 Å². The van der Waals surface area contributed by atoms with Crippen LogP contribution in [0.3, 0.4) is 0 Å². The molecule has 1 heterocycles. The second-order valence-electron chi connectivity index (χ2n) is 2.46. The van der Waals surface area contributed by atoms with Gasteiger partial charge in [-0.25, -0.2) is 9.97 Å². The van der Waals surface area contributed by atoms with E-state index in [0.717, 1.165) is 5.56 Å². The minimum Gasteiger partial charge on any atom is -0.387 e. The molecule has 0 aromatic carbocycles. The molecular formula is C8H11N2O. The van der Waals surface area contributed by atoms with E-state index in [1.54, 1.807) is 6.20 Å². The second-order valence-corrected chi connectivity index (χ2v) is 2.46. The van der Waals surface area contributed by atoms with E-state index < -0.39 is 6.10 Å². The molecule has 0 fully saturated rings. The first-order valence-electron chi connectivity index (χ1n) is 3.63. The molecule has 0 aliphatic rings. The van der Waals surface area contributed by atoms with Gasteiger partial charge in [0.05, 0.1) is 11.8 Å². The van der Waals surface area contributed by atoms with Crippen LogP contribution in [-0.4, -0.2) is 15.1 Å². The maximum absolute atomic E-state index is 9.40. The molecule has 1 unspecified atom stereocenters. The highest BCUT2D eigenvalue weighted by Crippen LogP contribution is 2.15. The van der Waals surface area contributed by atoms with E-state index in [9.17, 15) is 5.11 Å². The molecule has 59 valence electrons. The molecule has 3 heteroatoms. The largest absolute Gasteiger partial charge is 0.387 e. The fraction of sp³-hybridized carbons (Fsp3) is 0.500. The van der Waals surface area contributed by atoms with Gasteiger partial charge in [0.1, 0.15) is 0 Å². The molecule has 3 nitrogen and oxygen atoms in total. The number of hydrogen-bond donors (Lipinski definition) is 1. The summed E-state index contributed by atoms with van der Waals surface area (Å²) in [5.41, 5.74) is 1.60. The first kappa shape index (κ1) is 8.14. The van der Waals surface area contributed by atoms with Gasteiger partial charge in [-0.2, -0.15) is 0 Å². The molecule has 0 bridgehead atoms. The third-order valence-electron chi connectivity index (χ3n) is 1.59. The molecule has 1 N–H and O–H groups in total. The van der Waals surface area contributed by atoms with Gasteiger partial charge in [0.25, 0.3) is 0 Å². The zero-order valence-corrected chi connectivity index (χ0v) is 6.70. The Hall–Kier alpha value is -0.960. The normalized spacial score (nSPS) is 13.0. The summed E-state index contributed by atoms with van der Waals surface area (Å²) < 4.78 is 0. The fourth-order valence-electron chi connectivity index (χ4n) is 0.893. The van der Waals surface area contributed by atoms with Crippen LogP contribution in [0.15, 0.2) is 6.20 Å². The fourth-order valence-corrected chi connectivity index (χ4v) is 0.893. The summed E-state index contributed by atoms with van der Waals surface area (Å²) in [5.74, 6) is 0. The topological polar surface area (TPSA) is 46.0 Å². The zero-order valence-electron chi connectivity index (χ0n) is 6.70. The number of nitrogens with zero attached hydrogens (tertiary/aromatic N) is 2. The predicted molar refractivity (Wildman–Crippen MR) is 40.9 cm³/mol. The maximum Gasteiger partial charge on any atom is 0.198 e. The lowest BCUT2D eigenvalue weighted by Gasteiger charge is -2.07. The standard InChI is InChI=1S/C8H11N2O/c1-3-7(11)8-6(2)4-9-5-10-8/h4,7,11H,3H2,1-2H3. The molecule has 0 saturated carbocycles. The molecule has 0 aliphatic heterocycles. The molecule has 1 atom stereocenters. The van der Waals surface area contributed by atoms with Crippen LogP contribution in [0.2, 0.25) is 0 Å². The Kier molecular flexibility index (Phi) is 2.54. The van der Waals surface area contributed by atoms with E-state index in [-0.39, 0.29) is 0 Å². The minimum absolute atomic E-state index is 0.478. The molecule has 11 heavy (non-hydrogen) atoms. The van der Waals surface area contributed by atoms with Crippen molar-refractivity contribution in [3.05, 3.63) is 23.8 Å². The summed E-state index contributed by atoms with van der Waals surface area (Å²) in [7, 11) is 0. The van der Waals surface area contributed by atoms with E-state index in [1.807, 2.05) is 13.8 Å². The summed E-state index contributed by atoms with van der Waals surface area (Å²) in [6, 6.07) is 0. The molecule has 1 radical (unpaired) electrons. The van der Waals surface area contributed by atoms with Crippen LogP contribution in [0, 0.1) is 13.3 Å². The number of aromatic nitrogens is 2. The summed E-state index contributed by atoms with van der Waals surface area (Å²) in [4.78, 5) is 7.58. The van der Waals surface area contributed by atoms with Crippen LogP contribution < -0.4 is 0 Å². The van der Waals surface area contributed by atoms with Crippen LogP contribution in [-0.2, 0) is 0 Å². The number of rotatable bonds is 2. The maximum atomic E-state index is 9.40. The van der Waals surface area contributed by atoms with E-state index in [0.29, 0.717) is 12.1 Å². The van der Waals surface area contributed by atoms with Crippen molar-refractivity contribution in [2.75, 3.05) is 0 Å². The van der Waals surface area contributed by atoms with Gasteiger partial charge in [-0.1, -0.05) is 6.92 Å². The van der Waals surface area contributed by atoms with Crippen molar-refractivity contribution < 1.29 is 5.11 Å². The first-order chi connectivity index (χ1) is 5.25. The van der Waals surface area contributed by atoms with Crippen LogP contribution in [0.25, 0.3) is 0 Å². The van der Waals surface area contributed by atoms with Crippen molar-refractivity contribution >= 4 is 0 Å². The Morgan fingerprint density at radius 2 is 2.45 bits per heavy atom. The van der Waals surface area contributed by atoms with Crippen LogP contribution >= 0.6 is 0 Å². The molecule has 0 amide bonds. The third-order valence-corrected chi connectivity index (χ3v) is 1.59. The second kappa shape index (κ2) is 3.44. The van der Waals surface area contributed by atoms with Crippen molar-refractivity contribution in [2.45, 2.75) is 26.4 Å². The van der Waals surface area contributed by atoms with Crippen molar-refractivity contribution in [3.63, 3.8) is 0 Å². The van der Waals surface area contributed by atoms with E-state index in [1.165, 1.54) is 0 Å². The molecule has 0 saturated heterocycles. The van der Waals surface area contributed by atoms with E-state index >= 15 is 0 Å². The number of hydrogen-bond acceptors (Lipinski definition) is 3. The average molecular weight is 151 g/mol. The van der Waals surface area contributed by atoms with Gasteiger partial charge in [-0.05, 0) is 18.9 Å². The lowest BCUT2D eigenvalue weighted by atomic mass is 10.1.